The number of sulfonamides is 1. The molecule has 0 unspecified atom stereocenters. The van der Waals surface area contributed by atoms with E-state index >= 15 is 0 Å². The smallest absolute Gasteiger partial charge is 0.310 e. The maximum atomic E-state index is 12.0. The molecule has 112 valence electrons. The van der Waals surface area contributed by atoms with Gasteiger partial charge in [0.15, 0.2) is 0 Å². The maximum absolute atomic E-state index is 12.0. The van der Waals surface area contributed by atoms with E-state index in [0.29, 0.717) is 12.8 Å². The first-order valence-corrected chi connectivity index (χ1v) is 8.16. The van der Waals surface area contributed by atoms with Crippen molar-refractivity contribution in [3.05, 3.63) is 12.4 Å². The molecule has 7 nitrogen and oxygen atoms in total. The van der Waals surface area contributed by atoms with Gasteiger partial charge in [0.25, 0.3) is 0 Å². The van der Waals surface area contributed by atoms with Crippen molar-refractivity contribution in [1.29, 1.82) is 0 Å². The van der Waals surface area contributed by atoms with Gasteiger partial charge in [-0.05, 0) is 12.8 Å². The molecule has 1 aliphatic carbocycles. The van der Waals surface area contributed by atoms with Gasteiger partial charge in [-0.2, -0.15) is 5.10 Å². The van der Waals surface area contributed by atoms with Crippen molar-refractivity contribution in [2.75, 3.05) is 6.54 Å². The fraction of sp³-hybridized carbons (Fsp3) is 0.667. The van der Waals surface area contributed by atoms with E-state index in [4.69, 9.17) is 0 Å². The van der Waals surface area contributed by atoms with Gasteiger partial charge in [0.05, 0.1) is 11.6 Å². The number of carboxylic acid groups (broad SMARTS) is 1. The molecule has 1 aromatic heterocycles. The Morgan fingerprint density at radius 3 is 2.50 bits per heavy atom. The van der Waals surface area contributed by atoms with Crippen LogP contribution in [0.4, 0.5) is 0 Å². The summed E-state index contributed by atoms with van der Waals surface area (Å²) in [5.74, 6) is -0.922. The second-order valence-corrected chi connectivity index (χ2v) is 7.03. The Morgan fingerprint density at radius 1 is 1.35 bits per heavy atom. The van der Waals surface area contributed by atoms with Crippen LogP contribution >= 0.6 is 0 Å². The van der Waals surface area contributed by atoms with E-state index in [1.54, 1.807) is 0 Å². The van der Waals surface area contributed by atoms with Crippen LogP contribution in [0.2, 0.25) is 0 Å². The monoisotopic (exact) mass is 301 g/mol. The summed E-state index contributed by atoms with van der Waals surface area (Å²) in [5, 5.41) is 15.5. The molecule has 0 bridgehead atoms. The lowest BCUT2D eigenvalue weighted by Crippen LogP contribution is -2.42. The fourth-order valence-electron chi connectivity index (χ4n) is 2.57. The van der Waals surface area contributed by atoms with E-state index in [2.05, 4.69) is 14.9 Å². The van der Waals surface area contributed by atoms with E-state index in [0.717, 1.165) is 25.7 Å². The highest BCUT2D eigenvalue weighted by molar-refractivity contribution is 7.89. The number of nitrogens with one attached hydrogen (secondary N) is 2. The first-order valence-electron chi connectivity index (χ1n) is 6.68. The minimum atomic E-state index is -3.71. The second-order valence-electron chi connectivity index (χ2n) is 5.26. The van der Waals surface area contributed by atoms with Gasteiger partial charge >= 0.3 is 5.97 Å². The van der Waals surface area contributed by atoms with Crippen molar-refractivity contribution in [3.8, 4) is 0 Å². The molecule has 20 heavy (non-hydrogen) atoms. The zero-order valence-electron chi connectivity index (χ0n) is 11.1. The summed E-state index contributed by atoms with van der Waals surface area (Å²) in [5.41, 5.74) is -0.993. The van der Waals surface area contributed by atoms with E-state index in [1.165, 1.54) is 12.4 Å². The Bertz CT molecular complexity index is 545. The Hall–Kier alpha value is -1.41. The lowest BCUT2D eigenvalue weighted by molar-refractivity contribution is -0.149. The summed E-state index contributed by atoms with van der Waals surface area (Å²) < 4.78 is 26.5. The summed E-state index contributed by atoms with van der Waals surface area (Å²) >= 11 is 0. The summed E-state index contributed by atoms with van der Waals surface area (Å²) in [4.78, 5) is 11.6. The second kappa shape index (κ2) is 5.92. The van der Waals surface area contributed by atoms with Crippen LogP contribution in [-0.2, 0) is 14.8 Å². The Morgan fingerprint density at radius 2 is 2.00 bits per heavy atom. The summed E-state index contributed by atoms with van der Waals surface area (Å²) in [6.07, 6.45) is 7.13. The number of H-pyrrole nitrogens is 1. The number of aromatic amines is 1. The zero-order valence-corrected chi connectivity index (χ0v) is 11.9. The summed E-state index contributed by atoms with van der Waals surface area (Å²) in [6, 6.07) is 0. The number of carboxylic acids is 1. The molecule has 8 heteroatoms. The Labute approximate surface area is 117 Å². The molecule has 0 spiro atoms. The van der Waals surface area contributed by atoms with E-state index in [-0.39, 0.29) is 11.4 Å². The van der Waals surface area contributed by atoms with Crippen LogP contribution in [0.1, 0.15) is 38.5 Å². The fourth-order valence-corrected chi connectivity index (χ4v) is 3.61. The van der Waals surface area contributed by atoms with Crippen molar-refractivity contribution in [2.45, 2.75) is 43.4 Å². The van der Waals surface area contributed by atoms with Crippen molar-refractivity contribution < 1.29 is 18.3 Å². The molecule has 0 saturated heterocycles. The molecule has 3 N–H and O–H groups in total. The standard InChI is InChI=1S/C12H19N3O4S/c16-11(17)12(5-3-1-2-4-6-12)9-15-20(18,19)10-7-13-14-8-10/h7-8,15H,1-6,9H2,(H,13,14)(H,16,17). The van der Waals surface area contributed by atoms with E-state index in [9.17, 15) is 18.3 Å². The maximum Gasteiger partial charge on any atom is 0.310 e. The van der Waals surface area contributed by atoms with Crippen molar-refractivity contribution in [3.63, 3.8) is 0 Å². The average Bonchev–Trinajstić information content (AvgIpc) is 2.83. The van der Waals surface area contributed by atoms with Crippen molar-refractivity contribution in [1.82, 2.24) is 14.9 Å². The molecule has 0 amide bonds. The largest absolute Gasteiger partial charge is 0.481 e. The lowest BCUT2D eigenvalue weighted by Gasteiger charge is -2.27. The molecule has 1 fully saturated rings. The van der Waals surface area contributed by atoms with E-state index < -0.39 is 21.4 Å². The van der Waals surface area contributed by atoms with Crippen molar-refractivity contribution >= 4 is 16.0 Å². The molecule has 0 aliphatic heterocycles. The number of aliphatic carboxylic acids is 1. The quantitative estimate of drug-likeness (QED) is 0.705. The van der Waals surface area contributed by atoms with E-state index in [1.807, 2.05) is 0 Å². The van der Waals surface area contributed by atoms with Gasteiger partial charge in [0.1, 0.15) is 4.90 Å². The number of aromatic nitrogens is 2. The molecule has 0 radical (unpaired) electrons. The van der Waals surface area contributed by atoms with Crippen LogP contribution in [0, 0.1) is 5.41 Å². The number of hydrogen-bond donors (Lipinski definition) is 3. The molecular weight excluding hydrogens is 282 g/mol. The first-order chi connectivity index (χ1) is 9.46. The van der Waals surface area contributed by atoms with Gasteiger partial charge in [0.2, 0.25) is 10.0 Å². The van der Waals surface area contributed by atoms with Gasteiger partial charge < -0.3 is 5.11 Å². The van der Waals surface area contributed by atoms with Crippen LogP contribution in [0.25, 0.3) is 0 Å². The number of carbonyl (C=O) groups is 1. The molecule has 0 aromatic carbocycles. The van der Waals surface area contributed by atoms with Crippen LogP contribution in [0.3, 0.4) is 0 Å². The third kappa shape index (κ3) is 3.18. The predicted octanol–water partition coefficient (Wildman–Crippen LogP) is 1.11. The SMILES string of the molecule is O=C(O)C1(CNS(=O)(=O)c2cn[nH]c2)CCCCCC1. The molecule has 1 aromatic rings. The predicted molar refractivity (Wildman–Crippen MR) is 71.5 cm³/mol. The van der Waals surface area contributed by atoms with Gasteiger partial charge in [-0.1, -0.05) is 25.7 Å². The molecule has 1 aliphatic rings. The summed E-state index contributed by atoms with van der Waals surface area (Å²) in [6.45, 7) is -0.0736. The Kier molecular flexibility index (Phi) is 4.44. The van der Waals surface area contributed by atoms with Gasteiger partial charge in [0, 0.05) is 12.7 Å². The number of nitrogens with zero attached hydrogens (tertiary/aromatic N) is 1. The highest BCUT2D eigenvalue weighted by Crippen LogP contribution is 2.35. The minimum absolute atomic E-state index is 0.0201. The molecule has 1 saturated carbocycles. The van der Waals surface area contributed by atoms with Gasteiger partial charge in [-0.25, -0.2) is 13.1 Å². The molecule has 1 heterocycles. The molecule has 0 atom stereocenters. The average molecular weight is 301 g/mol. The highest BCUT2D eigenvalue weighted by Gasteiger charge is 2.39. The van der Waals surface area contributed by atoms with Crippen LogP contribution in [-0.4, -0.2) is 36.2 Å². The van der Waals surface area contributed by atoms with Crippen molar-refractivity contribution in [2.24, 2.45) is 5.41 Å². The highest BCUT2D eigenvalue weighted by atomic mass is 32.2. The molecular formula is C12H19N3O4S. The van der Waals surface area contributed by atoms with Crippen LogP contribution < -0.4 is 4.72 Å². The Balaban J connectivity index is 2.11. The zero-order chi connectivity index (χ0) is 14.6. The number of hydrogen-bond acceptors (Lipinski definition) is 4. The van der Waals surface area contributed by atoms with Gasteiger partial charge in [-0.3, -0.25) is 9.89 Å². The van der Waals surface area contributed by atoms with Crippen LogP contribution in [0.5, 0.6) is 0 Å². The summed E-state index contributed by atoms with van der Waals surface area (Å²) in [7, 11) is -3.71. The topological polar surface area (TPSA) is 112 Å². The van der Waals surface area contributed by atoms with Gasteiger partial charge in [-0.15, -0.1) is 0 Å². The first kappa shape index (κ1) is 15.0. The normalized spacial score (nSPS) is 19.4. The van der Waals surface area contributed by atoms with Crippen LogP contribution in [0.15, 0.2) is 17.3 Å². The third-order valence-electron chi connectivity index (χ3n) is 3.90. The molecule has 2 rings (SSSR count). The lowest BCUT2D eigenvalue weighted by atomic mass is 9.80. The minimum Gasteiger partial charge on any atom is -0.481 e. The third-order valence-corrected chi connectivity index (χ3v) is 5.27. The number of rotatable bonds is 5.